The Morgan fingerprint density at radius 3 is 2.00 bits per heavy atom. The standard InChI is InChI=1S/C9H13N.C8H10O/c1-10(2)8-9-6-4-3-5-7-9;1-6-4-3-5-8(9)7(6)2/h3-7H,8H2,1-2H3;3-5,9H,1-2H3. The first-order valence-electron chi connectivity index (χ1n) is 6.44. The van der Waals surface area contributed by atoms with E-state index in [0.717, 1.165) is 17.7 Å². The summed E-state index contributed by atoms with van der Waals surface area (Å²) in [6, 6.07) is 16.0. The van der Waals surface area contributed by atoms with Gasteiger partial charge in [0.25, 0.3) is 0 Å². The van der Waals surface area contributed by atoms with E-state index in [0.29, 0.717) is 5.75 Å². The van der Waals surface area contributed by atoms with Crippen LogP contribution in [-0.4, -0.2) is 24.1 Å². The van der Waals surface area contributed by atoms with Crippen LogP contribution in [0.3, 0.4) is 0 Å². The average Bonchev–Trinajstić information content (AvgIpc) is 2.37. The van der Waals surface area contributed by atoms with E-state index < -0.39 is 0 Å². The molecule has 0 atom stereocenters. The SMILES string of the molecule is CN(C)Cc1ccccc1.Cc1cccc(O)c1C. The molecule has 0 fully saturated rings. The predicted molar refractivity (Wildman–Crippen MR) is 81.4 cm³/mol. The second kappa shape index (κ2) is 7.59. The Labute approximate surface area is 116 Å². The van der Waals surface area contributed by atoms with Crippen molar-refractivity contribution in [2.45, 2.75) is 20.4 Å². The van der Waals surface area contributed by atoms with Crippen LogP contribution >= 0.6 is 0 Å². The lowest BCUT2D eigenvalue weighted by Crippen LogP contribution is -2.10. The maximum Gasteiger partial charge on any atom is 0.118 e. The average molecular weight is 257 g/mol. The molecule has 0 aromatic heterocycles. The van der Waals surface area contributed by atoms with Gasteiger partial charge in [-0.25, -0.2) is 0 Å². The topological polar surface area (TPSA) is 23.5 Å². The Balaban J connectivity index is 0.000000191. The fraction of sp³-hybridized carbons (Fsp3) is 0.294. The van der Waals surface area contributed by atoms with Gasteiger partial charge in [-0.15, -0.1) is 0 Å². The molecule has 0 saturated carbocycles. The number of benzene rings is 2. The number of rotatable bonds is 2. The lowest BCUT2D eigenvalue weighted by atomic mass is 10.1. The number of aromatic hydroxyl groups is 1. The summed E-state index contributed by atoms with van der Waals surface area (Å²) in [6.45, 7) is 4.92. The lowest BCUT2D eigenvalue weighted by Gasteiger charge is -2.08. The summed E-state index contributed by atoms with van der Waals surface area (Å²) in [7, 11) is 4.15. The van der Waals surface area contributed by atoms with Gasteiger partial charge in [0, 0.05) is 6.54 Å². The van der Waals surface area contributed by atoms with E-state index in [-0.39, 0.29) is 0 Å². The minimum Gasteiger partial charge on any atom is -0.508 e. The molecule has 1 N–H and O–H groups in total. The van der Waals surface area contributed by atoms with E-state index in [1.165, 1.54) is 5.56 Å². The van der Waals surface area contributed by atoms with Crippen LogP contribution in [0.1, 0.15) is 16.7 Å². The third-order valence-corrected chi connectivity index (χ3v) is 2.92. The van der Waals surface area contributed by atoms with Crippen LogP contribution in [0.25, 0.3) is 0 Å². The fourth-order valence-electron chi connectivity index (χ4n) is 1.68. The predicted octanol–water partition coefficient (Wildman–Crippen LogP) is 3.76. The van der Waals surface area contributed by atoms with Gasteiger partial charge in [-0.1, -0.05) is 42.5 Å². The van der Waals surface area contributed by atoms with Crippen molar-refractivity contribution in [1.29, 1.82) is 0 Å². The van der Waals surface area contributed by atoms with Crippen molar-refractivity contribution in [3.8, 4) is 5.75 Å². The Morgan fingerprint density at radius 2 is 1.53 bits per heavy atom. The summed E-state index contributed by atoms with van der Waals surface area (Å²) in [5, 5.41) is 9.10. The molecule has 19 heavy (non-hydrogen) atoms. The molecule has 2 aromatic rings. The van der Waals surface area contributed by atoms with Gasteiger partial charge < -0.3 is 10.0 Å². The van der Waals surface area contributed by atoms with Crippen molar-refractivity contribution < 1.29 is 5.11 Å². The largest absolute Gasteiger partial charge is 0.508 e. The van der Waals surface area contributed by atoms with Crippen molar-refractivity contribution in [3.63, 3.8) is 0 Å². The van der Waals surface area contributed by atoms with E-state index >= 15 is 0 Å². The zero-order valence-corrected chi connectivity index (χ0v) is 12.2. The van der Waals surface area contributed by atoms with Crippen molar-refractivity contribution in [3.05, 3.63) is 65.2 Å². The van der Waals surface area contributed by atoms with Gasteiger partial charge in [0.15, 0.2) is 0 Å². The van der Waals surface area contributed by atoms with Gasteiger partial charge in [0.1, 0.15) is 5.75 Å². The molecule has 102 valence electrons. The van der Waals surface area contributed by atoms with E-state index in [4.69, 9.17) is 5.11 Å². The molecule has 0 aliphatic heterocycles. The zero-order chi connectivity index (χ0) is 14.3. The Morgan fingerprint density at radius 1 is 0.895 bits per heavy atom. The molecule has 0 spiro atoms. The number of nitrogens with zero attached hydrogens (tertiary/aromatic N) is 1. The van der Waals surface area contributed by atoms with Crippen LogP contribution in [0, 0.1) is 13.8 Å². The fourth-order valence-corrected chi connectivity index (χ4v) is 1.68. The monoisotopic (exact) mass is 257 g/mol. The summed E-state index contributed by atoms with van der Waals surface area (Å²) >= 11 is 0. The summed E-state index contributed by atoms with van der Waals surface area (Å²) in [4.78, 5) is 2.16. The van der Waals surface area contributed by atoms with Crippen LogP contribution < -0.4 is 0 Å². The quantitative estimate of drug-likeness (QED) is 0.885. The van der Waals surface area contributed by atoms with Gasteiger partial charge in [-0.2, -0.15) is 0 Å². The molecule has 0 heterocycles. The second-order valence-electron chi connectivity index (χ2n) is 4.94. The van der Waals surface area contributed by atoms with Crippen LogP contribution in [0.2, 0.25) is 0 Å². The maximum absolute atomic E-state index is 9.10. The number of phenolic OH excluding ortho intramolecular Hbond substituents is 1. The highest BCUT2D eigenvalue weighted by atomic mass is 16.3. The van der Waals surface area contributed by atoms with Gasteiger partial charge in [0.05, 0.1) is 0 Å². The Kier molecular flexibility index (Phi) is 6.10. The summed E-state index contributed by atoms with van der Waals surface area (Å²) in [5.41, 5.74) is 3.47. The van der Waals surface area contributed by atoms with Crippen LogP contribution in [0.4, 0.5) is 0 Å². The molecule has 2 rings (SSSR count). The third kappa shape index (κ3) is 5.58. The van der Waals surface area contributed by atoms with E-state index in [1.807, 2.05) is 32.0 Å². The summed E-state index contributed by atoms with van der Waals surface area (Å²) < 4.78 is 0. The van der Waals surface area contributed by atoms with Crippen molar-refractivity contribution in [2.24, 2.45) is 0 Å². The van der Waals surface area contributed by atoms with Gasteiger partial charge in [-0.05, 0) is 50.7 Å². The third-order valence-electron chi connectivity index (χ3n) is 2.92. The van der Waals surface area contributed by atoms with Crippen molar-refractivity contribution >= 4 is 0 Å². The highest BCUT2D eigenvalue weighted by Gasteiger charge is 1.94. The van der Waals surface area contributed by atoms with Crippen molar-refractivity contribution in [2.75, 3.05) is 14.1 Å². The molecule has 0 amide bonds. The molecule has 2 heteroatoms. The van der Waals surface area contributed by atoms with Gasteiger partial charge in [-0.3, -0.25) is 0 Å². The molecular weight excluding hydrogens is 234 g/mol. The molecule has 2 aromatic carbocycles. The van der Waals surface area contributed by atoms with Gasteiger partial charge >= 0.3 is 0 Å². The molecule has 0 radical (unpaired) electrons. The van der Waals surface area contributed by atoms with Crippen LogP contribution in [0.15, 0.2) is 48.5 Å². The lowest BCUT2D eigenvalue weighted by molar-refractivity contribution is 0.402. The minimum absolute atomic E-state index is 0.384. The highest BCUT2D eigenvalue weighted by molar-refractivity contribution is 5.36. The second-order valence-corrected chi connectivity index (χ2v) is 4.94. The maximum atomic E-state index is 9.10. The van der Waals surface area contributed by atoms with E-state index in [2.05, 4.69) is 43.3 Å². The summed E-state index contributed by atoms with van der Waals surface area (Å²) in [6.07, 6.45) is 0. The molecule has 0 unspecified atom stereocenters. The molecule has 2 nitrogen and oxygen atoms in total. The Hall–Kier alpha value is -1.80. The van der Waals surface area contributed by atoms with E-state index in [1.54, 1.807) is 6.07 Å². The van der Waals surface area contributed by atoms with E-state index in [9.17, 15) is 0 Å². The number of phenols is 1. The highest BCUT2D eigenvalue weighted by Crippen LogP contribution is 2.17. The summed E-state index contributed by atoms with van der Waals surface area (Å²) in [5.74, 6) is 0.384. The first-order chi connectivity index (χ1) is 9.00. The molecule has 0 aliphatic carbocycles. The zero-order valence-electron chi connectivity index (χ0n) is 12.2. The van der Waals surface area contributed by atoms with Crippen LogP contribution in [0.5, 0.6) is 5.75 Å². The molecule has 0 aliphatic rings. The first-order valence-corrected chi connectivity index (χ1v) is 6.44. The van der Waals surface area contributed by atoms with Gasteiger partial charge in [0.2, 0.25) is 0 Å². The molecular formula is C17H23NO. The first kappa shape index (κ1) is 15.3. The molecule has 0 bridgehead atoms. The smallest absolute Gasteiger partial charge is 0.118 e. The normalized spacial score (nSPS) is 9.95. The van der Waals surface area contributed by atoms with Crippen LogP contribution in [-0.2, 0) is 6.54 Å². The number of hydrogen-bond donors (Lipinski definition) is 1. The minimum atomic E-state index is 0.384. The Bertz CT molecular complexity index is 472. The number of hydrogen-bond acceptors (Lipinski definition) is 2. The van der Waals surface area contributed by atoms with Crippen molar-refractivity contribution in [1.82, 2.24) is 4.90 Å². The number of aryl methyl sites for hydroxylation is 1. The molecule has 0 saturated heterocycles.